The summed E-state index contributed by atoms with van der Waals surface area (Å²) < 4.78 is 17.3. The van der Waals surface area contributed by atoms with Crippen molar-refractivity contribution in [3.05, 3.63) is 136 Å². The molecule has 1 aliphatic rings. The average Bonchev–Trinajstić information content (AvgIpc) is 3.30. The number of amidine groups is 1. The molecule has 0 N–H and O–H groups in total. The van der Waals surface area contributed by atoms with Crippen molar-refractivity contribution in [1.29, 1.82) is 0 Å². The van der Waals surface area contributed by atoms with Gasteiger partial charge in [-0.1, -0.05) is 66.2 Å². The Balaban J connectivity index is 1.47. The molecule has 4 aromatic carbocycles. The molecule has 0 radical (unpaired) electrons. The fourth-order valence-corrected chi connectivity index (χ4v) is 5.64. The van der Waals surface area contributed by atoms with E-state index in [0.717, 1.165) is 33.7 Å². The number of rotatable bonds is 11. The van der Waals surface area contributed by atoms with E-state index in [2.05, 4.69) is 37.8 Å². The predicted octanol–water partition coefficient (Wildman–Crippen LogP) is 8.12. The molecule has 0 saturated carbocycles. The van der Waals surface area contributed by atoms with Gasteiger partial charge in [0, 0.05) is 5.56 Å². The number of aliphatic imine (C=N–C) groups is 1. The highest BCUT2D eigenvalue weighted by atomic mass is 32.2. The zero-order valence-corrected chi connectivity index (χ0v) is 25.4. The Hall–Kier alpha value is -4.75. The molecule has 0 atom stereocenters. The Labute approximate surface area is 257 Å². The van der Waals surface area contributed by atoms with Crippen molar-refractivity contribution < 1.29 is 19.0 Å². The minimum Gasteiger partial charge on any atom is -0.497 e. The summed E-state index contributed by atoms with van der Waals surface area (Å²) in [5.74, 6) is 1.92. The first-order valence-electron chi connectivity index (χ1n) is 14.0. The zero-order chi connectivity index (χ0) is 30.2. The maximum Gasteiger partial charge on any atom is 0.267 e. The van der Waals surface area contributed by atoms with Gasteiger partial charge in [0.1, 0.15) is 12.4 Å². The van der Waals surface area contributed by atoms with Gasteiger partial charge < -0.3 is 14.2 Å². The van der Waals surface area contributed by atoms with Gasteiger partial charge in [0.2, 0.25) is 0 Å². The van der Waals surface area contributed by atoms with E-state index in [1.807, 2.05) is 78.9 Å². The molecule has 0 aromatic heterocycles. The first-order valence-corrected chi connectivity index (χ1v) is 14.8. The van der Waals surface area contributed by atoms with Crippen LogP contribution in [-0.4, -0.2) is 30.2 Å². The van der Waals surface area contributed by atoms with Crippen molar-refractivity contribution in [1.82, 2.24) is 4.90 Å². The van der Waals surface area contributed by atoms with E-state index in [1.54, 1.807) is 19.1 Å². The zero-order valence-electron chi connectivity index (χ0n) is 24.6. The van der Waals surface area contributed by atoms with Gasteiger partial charge >= 0.3 is 0 Å². The highest BCUT2D eigenvalue weighted by Crippen LogP contribution is 2.39. The summed E-state index contributed by atoms with van der Waals surface area (Å²) in [4.78, 5) is 20.9. The van der Waals surface area contributed by atoms with Gasteiger partial charge in [0.05, 0.1) is 31.4 Å². The Kier molecular flexibility index (Phi) is 9.64. The van der Waals surface area contributed by atoms with Crippen LogP contribution in [0.5, 0.6) is 17.2 Å². The topological polar surface area (TPSA) is 60.4 Å². The van der Waals surface area contributed by atoms with Crippen LogP contribution in [0.1, 0.15) is 27.8 Å². The van der Waals surface area contributed by atoms with Gasteiger partial charge in [-0.15, -0.1) is 6.58 Å². The maximum atomic E-state index is 13.8. The van der Waals surface area contributed by atoms with Crippen LogP contribution in [0.25, 0.3) is 6.08 Å². The van der Waals surface area contributed by atoms with Crippen molar-refractivity contribution in [3.8, 4) is 17.2 Å². The molecule has 5 rings (SSSR count). The predicted molar refractivity (Wildman–Crippen MR) is 175 cm³/mol. The number of hydrogen-bond donors (Lipinski definition) is 0. The monoisotopic (exact) mass is 590 g/mol. The van der Waals surface area contributed by atoms with Crippen molar-refractivity contribution >= 4 is 34.6 Å². The fourth-order valence-electron chi connectivity index (χ4n) is 4.64. The number of benzene rings is 4. The molecule has 1 saturated heterocycles. The molecule has 1 amide bonds. The fraction of sp³-hybridized carbons (Fsp3) is 0.167. The summed E-state index contributed by atoms with van der Waals surface area (Å²) in [5.41, 5.74) is 5.78. The largest absolute Gasteiger partial charge is 0.497 e. The Morgan fingerprint density at radius 1 is 0.907 bits per heavy atom. The molecule has 0 aliphatic carbocycles. The van der Waals surface area contributed by atoms with Gasteiger partial charge in [0.15, 0.2) is 16.7 Å². The summed E-state index contributed by atoms with van der Waals surface area (Å²) >= 11 is 1.36. The second-order valence-corrected chi connectivity index (χ2v) is 11.1. The summed E-state index contributed by atoms with van der Waals surface area (Å²) in [6.07, 6.45) is 4.31. The van der Waals surface area contributed by atoms with Crippen LogP contribution >= 0.6 is 11.8 Å². The number of allylic oxidation sites excluding steroid dienone is 1. The maximum absolute atomic E-state index is 13.8. The SMILES string of the molecule is C=CCc1cc(/C=C2\SC(=Nc3ccccc3)N(Cc3ccc(OC)cc3)C2=O)cc(OC)c1OCc1ccc(C)cc1. The van der Waals surface area contributed by atoms with Crippen LogP contribution in [-0.2, 0) is 24.4 Å². The van der Waals surface area contributed by atoms with Crippen LogP contribution in [0.2, 0.25) is 0 Å². The number of hydrogen-bond acceptors (Lipinski definition) is 6. The number of carbonyl (C=O) groups is 1. The minimum atomic E-state index is -0.112. The van der Waals surface area contributed by atoms with E-state index in [1.165, 1.54) is 17.3 Å². The normalized spacial score (nSPS) is 14.8. The van der Waals surface area contributed by atoms with E-state index in [4.69, 9.17) is 19.2 Å². The number of aryl methyl sites for hydroxylation is 1. The number of para-hydroxylation sites is 1. The second kappa shape index (κ2) is 13.9. The number of thioether (sulfide) groups is 1. The van der Waals surface area contributed by atoms with E-state index in [9.17, 15) is 4.79 Å². The lowest BCUT2D eigenvalue weighted by atomic mass is 10.0. The molecule has 4 aromatic rings. The van der Waals surface area contributed by atoms with E-state index < -0.39 is 0 Å². The Bertz CT molecular complexity index is 1650. The van der Waals surface area contributed by atoms with Crippen LogP contribution in [0, 0.1) is 6.92 Å². The molecule has 1 aliphatic heterocycles. The molecule has 0 unspecified atom stereocenters. The standard InChI is InChI=1S/C36H34N2O4S/c1-5-9-29-20-28(21-32(41-4)34(29)42-24-27-14-12-25(2)13-15-27)22-33-35(39)38(23-26-16-18-31(40-3)19-17-26)36(43-33)37-30-10-7-6-8-11-30/h5-8,10-22H,1,9,23-24H2,2-4H3/b33-22-,37-36?. The third kappa shape index (κ3) is 7.37. The van der Waals surface area contributed by atoms with Crippen LogP contribution in [0.3, 0.4) is 0 Å². The lowest BCUT2D eigenvalue weighted by Crippen LogP contribution is -2.28. The molecule has 0 spiro atoms. The number of carbonyl (C=O) groups excluding carboxylic acids is 1. The Morgan fingerprint density at radius 3 is 2.30 bits per heavy atom. The molecular formula is C36H34N2O4S. The summed E-state index contributed by atoms with van der Waals surface area (Å²) in [6.45, 7) is 6.79. The molecule has 218 valence electrons. The van der Waals surface area contributed by atoms with Crippen LogP contribution in [0.4, 0.5) is 5.69 Å². The number of ether oxygens (including phenoxy) is 3. The lowest BCUT2D eigenvalue weighted by molar-refractivity contribution is -0.122. The third-order valence-electron chi connectivity index (χ3n) is 6.91. The third-order valence-corrected chi connectivity index (χ3v) is 7.92. The van der Waals surface area contributed by atoms with Gasteiger partial charge in [-0.2, -0.15) is 0 Å². The number of amides is 1. The first-order chi connectivity index (χ1) is 21.0. The smallest absolute Gasteiger partial charge is 0.267 e. The van der Waals surface area contributed by atoms with Crippen molar-refractivity contribution in [2.24, 2.45) is 4.99 Å². The first kappa shape index (κ1) is 29.7. The molecule has 43 heavy (non-hydrogen) atoms. The Morgan fingerprint density at radius 2 is 1.63 bits per heavy atom. The van der Waals surface area contributed by atoms with Crippen molar-refractivity contribution in [2.75, 3.05) is 14.2 Å². The number of nitrogens with zero attached hydrogens (tertiary/aromatic N) is 2. The van der Waals surface area contributed by atoms with Gasteiger partial charge in [-0.25, -0.2) is 4.99 Å². The highest BCUT2D eigenvalue weighted by Gasteiger charge is 2.33. The average molecular weight is 591 g/mol. The van der Waals surface area contributed by atoms with Gasteiger partial charge in [-0.3, -0.25) is 9.69 Å². The summed E-state index contributed by atoms with van der Waals surface area (Å²) in [6, 6.07) is 29.5. The lowest BCUT2D eigenvalue weighted by Gasteiger charge is -2.16. The molecule has 6 nitrogen and oxygen atoms in total. The molecule has 7 heteroatoms. The van der Waals surface area contributed by atoms with E-state index >= 15 is 0 Å². The number of methoxy groups -OCH3 is 2. The molecular weight excluding hydrogens is 556 g/mol. The molecule has 1 fully saturated rings. The highest BCUT2D eigenvalue weighted by molar-refractivity contribution is 8.18. The van der Waals surface area contributed by atoms with Crippen LogP contribution in [0.15, 0.2) is 114 Å². The van der Waals surface area contributed by atoms with Crippen molar-refractivity contribution in [3.63, 3.8) is 0 Å². The summed E-state index contributed by atoms with van der Waals surface area (Å²) in [5, 5.41) is 0.620. The van der Waals surface area contributed by atoms with Crippen molar-refractivity contribution in [2.45, 2.75) is 26.5 Å². The van der Waals surface area contributed by atoms with E-state index in [0.29, 0.717) is 41.1 Å². The van der Waals surface area contributed by atoms with E-state index in [-0.39, 0.29) is 5.91 Å². The van der Waals surface area contributed by atoms with Gasteiger partial charge in [-0.05, 0) is 84.3 Å². The quantitative estimate of drug-likeness (QED) is 0.130. The van der Waals surface area contributed by atoms with Gasteiger partial charge in [0.25, 0.3) is 5.91 Å². The molecule has 0 bridgehead atoms. The van der Waals surface area contributed by atoms with Crippen LogP contribution < -0.4 is 14.2 Å². The minimum absolute atomic E-state index is 0.112. The summed E-state index contributed by atoms with van der Waals surface area (Å²) in [7, 11) is 3.26. The second-order valence-electron chi connectivity index (χ2n) is 10.1. The molecule has 1 heterocycles.